The van der Waals surface area contributed by atoms with Gasteiger partial charge in [0.1, 0.15) is 0 Å². The van der Waals surface area contributed by atoms with Gasteiger partial charge in [-0.3, -0.25) is 19.7 Å². The summed E-state index contributed by atoms with van der Waals surface area (Å²) in [7, 11) is 3.23. The number of nitrogens with zero attached hydrogens (tertiary/aromatic N) is 1. The quantitative estimate of drug-likeness (QED) is 0.242. The van der Waals surface area contributed by atoms with E-state index in [9.17, 15) is 9.59 Å². The number of amides is 1. The zero-order valence-corrected chi connectivity index (χ0v) is 23.1. The molecule has 0 bridgehead atoms. The average molecular weight is 544 g/mol. The lowest BCUT2D eigenvalue weighted by Crippen LogP contribution is -2.34. The second kappa shape index (κ2) is 12.5. The first-order chi connectivity index (χ1) is 19.5. The van der Waals surface area contributed by atoms with Gasteiger partial charge in [0.2, 0.25) is 0 Å². The van der Waals surface area contributed by atoms with Crippen LogP contribution in [0.2, 0.25) is 0 Å². The van der Waals surface area contributed by atoms with Gasteiger partial charge in [-0.1, -0.05) is 24.3 Å². The van der Waals surface area contributed by atoms with Gasteiger partial charge >= 0.3 is 0 Å². The van der Waals surface area contributed by atoms with Crippen molar-refractivity contribution in [3.05, 3.63) is 88.5 Å². The van der Waals surface area contributed by atoms with E-state index in [1.54, 1.807) is 31.8 Å². The monoisotopic (exact) mass is 543 g/mol. The molecule has 1 aliphatic carbocycles. The van der Waals surface area contributed by atoms with Crippen molar-refractivity contribution < 1.29 is 24.3 Å². The first-order valence-electron chi connectivity index (χ1n) is 13.8. The zero-order chi connectivity index (χ0) is 28.1. The highest BCUT2D eigenvalue weighted by molar-refractivity contribution is 6.03. The van der Waals surface area contributed by atoms with Gasteiger partial charge in [-0.2, -0.15) is 0 Å². The van der Waals surface area contributed by atoms with Crippen LogP contribution in [-0.4, -0.2) is 49.1 Å². The molecule has 8 nitrogen and oxygen atoms in total. The second-order valence-corrected chi connectivity index (χ2v) is 10.8. The highest BCUT2D eigenvalue weighted by Crippen LogP contribution is 2.39. The number of nitrogens with one attached hydrogen (secondary N) is 2. The first-order valence-corrected chi connectivity index (χ1v) is 13.8. The number of hydrogen-bond acceptors (Lipinski definition) is 7. The maximum Gasteiger partial charge on any atom is 0.274 e. The number of benzene rings is 3. The molecule has 0 spiro atoms. The summed E-state index contributed by atoms with van der Waals surface area (Å²) in [5.74, 6) is 1.67. The zero-order valence-electron chi connectivity index (χ0n) is 23.1. The first kappa shape index (κ1) is 27.7. The summed E-state index contributed by atoms with van der Waals surface area (Å²) in [5, 5.41) is 12.1. The fraction of sp³-hybridized carbons (Fsp3) is 0.375. The van der Waals surface area contributed by atoms with Crippen molar-refractivity contribution in [2.45, 2.75) is 38.8 Å². The minimum Gasteiger partial charge on any atom is -0.493 e. The van der Waals surface area contributed by atoms with E-state index in [4.69, 9.17) is 14.7 Å². The van der Waals surface area contributed by atoms with Gasteiger partial charge in [-0.25, -0.2) is 5.48 Å². The second-order valence-electron chi connectivity index (χ2n) is 10.8. The Morgan fingerprint density at radius 1 is 0.950 bits per heavy atom. The number of hydroxylamine groups is 1. The van der Waals surface area contributed by atoms with Crippen molar-refractivity contribution in [1.29, 1.82) is 0 Å². The molecule has 40 heavy (non-hydrogen) atoms. The SMILES string of the molecule is COc1cc2c(cc1OC)C(=O)C(CC1CCN(Cc3ccc(NCc4ccc(C(=O)NO)cc4)cc3)CC1)C2. The van der Waals surface area contributed by atoms with E-state index in [-0.39, 0.29) is 11.7 Å². The summed E-state index contributed by atoms with van der Waals surface area (Å²) < 4.78 is 10.8. The Hall–Kier alpha value is -3.88. The number of anilines is 1. The number of methoxy groups -OCH3 is 2. The number of hydrogen-bond donors (Lipinski definition) is 3. The molecular weight excluding hydrogens is 506 g/mol. The van der Waals surface area contributed by atoms with Crippen LogP contribution in [0, 0.1) is 11.8 Å². The van der Waals surface area contributed by atoms with Gasteiger partial charge in [0.05, 0.1) is 14.2 Å². The Morgan fingerprint density at radius 3 is 2.25 bits per heavy atom. The third-order valence-electron chi connectivity index (χ3n) is 8.21. The number of fused-ring (bicyclic) bond motifs is 1. The van der Waals surface area contributed by atoms with E-state index < -0.39 is 5.91 Å². The van der Waals surface area contributed by atoms with Crippen molar-refractivity contribution in [1.82, 2.24) is 10.4 Å². The van der Waals surface area contributed by atoms with Crippen LogP contribution >= 0.6 is 0 Å². The predicted octanol–water partition coefficient (Wildman–Crippen LogP) is 5.09. The fourth-order valence-electron chi connectivity index (χ4n) is 5.90. The standard InChI is InChI=1S/C32H37N3O5/c1-39-29-17-25-16-26(31(36)28(25)18-30(29)40-2)15-21-11-13-35(14-12-21)20-23-5-9-27(10-6-23)33-19-22-3-7-24(8-4-22)32(37)34-38/h3-10,17-18,21,26,33,38H,11-16,19-20H2,1-2H3,(H,34,37). The minimum atomic E-state index is -0.517. The molecule has 1 fully saturated rings. The Kier molecular flexibility index (Phi) is 8.67. The molecule has 0 aromatic heterocycles. The lowest BCUT2D eigenvalue weighted by molar-refractivity contribution is 0.0706. The summed E-state index contributed by atoms with van der Waals surface area (Å²) in [6, 6.07) is 19.5. The van der Waals surface area contributed by atoms with Crippen molar-refractivity contribution in [2.75, 3.05) is 32.6 Å². The summed E-state index contributed by atoms with van der Waals surface area (Å²) in [5.41, 5.74) is 7.30. The fourth-order valence-corrected chi connectivity index (χ4v) is 5.90. The normalized spacial score (nSPS) is 17.4. The Balaban J connectivity index is 1.06. The molecule has 1 unspecified atom stereocenters. The van der Waals surface area contributed by atoms with Crippen LogP contribution < -0.4 is 20.3 Å². The highest BCUT2D eigenvalue weighted by atomic mass is 16.5. The molecule has 210 valence electrons. The van der Waals surface area contributed by atoms with Crippen LogP contribution in [0.3, 0.4) is 0 Å². The number of likely N-dealkylation sites (tertiary alicyclic amines) is 1. The molecule has 1 saturated heterocycles. The molecule has 0 radical (unpaired) electrons. The van der Waals surface area contributed by atoms with Crippen molar-refractivity contribution >= 4 is 17.4 Å². The Labute approximate surface area is 235 Å². The minimum absolute atomic E-state index is 0.0568. The van der Waals surface area contributed by atoms with Crippen molar-refractivity contribution in [3.63, 3.8) is 0 Å². The van der Waals surface area contributed by atoms with E-state index in [0.717, 1.165) is 67.7 Å². The molecule has 1 atom stereocenters. The molecule has 8 heteroatoms. The van der Waals surface area contributed by atoms with E-state index in [2.05, 4.69) is 34.5 Å². The number of carbonyl (C=O) groups excluding carboxylic acids is 2. The molecule has 1 aliphatic heterocycles. The van der Waals surface area contributed by atoms with Crippen LogP contribution in [0.25, 0.3) is 0 Å². The van der Waals surface area contributed by atoms with Gasteiger partial charge in [-0.15, -0.1) is 0 Å². The molecule has 3 aromatic rings. The summed E-state index contributed by atoms with van der Waals surface area (Å²) in [4.78, 5) is 27.1. The van der Waals surface area contributed by atoms with Crippen LogP contribution in [0.15, 0.2) is 60.7 Å². The largest absolute Gasteiger partial charge is 0.493 e. The lowest BCUT2D eigenvalue weighted by atomic mass is 9.85. The highest BCUT2D eigenvalue weighted by Gasteiger charge is 2.34. The summed E-state index contributed by atoms with van der Waals surface area (Å²) in [6.45, 7) is 3.66. The third kappa shape index (κ3) is 6.29. The molecular formula is C32H37N3O5. The van der Waals surface area contributed by atoms with Gasteiger partial charge < -0.3 is 14.8 Å². The number of carbonyl (C=O) groups is 2. The molecule has 5 rings (SSSR count). The van der Waals surface area contributed by atoms with Gasteiger partial charge in [0, 0.05) is 35.8 Å². The average Bonchev–Trinajstić information content (AvgIpc) is 3.30. The van der Waals surface area contributed by atoms with Crippen LogP contribution in [0.1, 0.15) is 56.7 Å². The van der Waals surface area contributed by atoms with Gasteiger partial charge in [-0.05, 0) is 97.8 Å². The topological polar surface area (TPSA) is 100 Å². The number of piperidine rings is 1. The number of ketones is 1. The van der Waals surface area contributed by atoms with Crippen molar-refractivity contribution in [3.8, 4) is 11.5 Å². The van der Waals surface area contributed by atoms with Crippen molar-refractivity contribution in [2.24, 2.45) is 11.8 Å². The number of Topliss-reactive ketones (excluding diaryl/α,β-unsaturated/α-hetero) is 1. The molecule has 3 aromatic carbocycles. The molecule has 1 heterocycles. The van der Waals surface area contributed by atoms with Crippen LogP contribution in [0.4, 0.5) is 5.69 Å². The summed E-state index contributed by atoms with van der Waals surface area (Å²) >= 11 is 0. The molecule has 2 aliphatic rings. The van der Waals surface area contributed by atoms with Crippen LogP contribution in [-0.2, 0) is 19.5 Å². The van der Waals surface area contributed by atoms with E-state index in [1.807, 2.05) is 24.3 Å². The molecule has 1 amide bonds. The summed E-state index contributed by atoms with van der Waals surface area (Å²) in [6.07, 6.45) is 3.97. The Morgan fingerprint density at radius 2 is 1.60 bits per heavy atom. The number of rotatable bonds is 10. The maximum absolute atomic E-state index is 13.1. The smallest absolute Gasteiger partial charge is 0.274 e. The van der Waals surface area contributed by atoms with Gasteiger partial charge in [0.25, 0.3) is 5.91 Å². The van der Waals surface area contributed by atoms with E-state index in [1.165, 1.54) is 5.56 Å². The molecule has 3 N–H and O–H groups in total. The predicted molar refractivity (Wildman–Crippen MR) is 153 cm³/mol. The Bertz CT molecular complexity index is 1330. The third-order valence-corrected chi connectivity index (χ3v) is 8.21. The van der Waals surface area contributed by atoms with E-state index >= 15 is 0 Å². The molecule has 0 saturated carbocycles. The number of ether oxygens (including phenoxy) is 2. The van der Waals surface area contributed by atoms with E-state index in [0.29, 0.717) is 29.5 Å². The maximum atomic E-state index is 13.1. The lowest BCUT2D eigenvalue weighted by Gasteiger charge is -2.33. The van der Waals surface area contributed by atoms with Crippen LogP contribution in [0.5, 0.6) is 11.5 Å². The van der Waals surface area contributed by atoms with Gasteiger partial charge in [0.15, 0.2) is 17.3 Å².